The van der Waals surface area contributed by atoms with Gasteiger partial charge in [-0.2, -0.15) is 0 Å². The molecule has 0 aromatic rings. The molecule has 0 saturated heterocycles. The number of unbranched alkanes of at least 4 members (excludes halogenated alkanes) is 10. The number of carbonyl (C=O) groups excluding carboxylic acids is 3. The van der Waals surface area contributed by atoms with Gasteiger partial charge in [-0.05, 0) is 19.3 Å². The van der Waals surface area contributed by atoms with Crippen molar-refractivity contribution in [3.8, 4) is 0 Å². The molecular formula is C19H33NNaO5-. The molecule has 7 heteroatoms. The van der Waals surface area contributed by atoms with Crippen molar-refractivity contribution in [2.75, 3.05) is 0 Å². The summed E-state index contributed by atoms with van der Waals surface area (Å²) in [5, 5.41) is 23.5. The summed E-state index contributed by atoms with van der Waals surface area (Å²) in [6, 6.07) is -1.27. The van der Waals surface area contributed by atoms with E-state index < -0.39 is 24.4 Å². The van der Waals surface area contributed by atoms with E-state index in [0.29, 0.717) is 6.42 Å². The molecule has 0 heterocycles. The van der Waals surface area contributed by atoms with Crippen LogP contribution < -0.4 is 45.1 Å². The Kier molecular flexibility index (Phi) is 20.4. The van der Waals surface area contributed by atoms with Crippen molar-refractivity contribution in [3.05, 3.63) is 0 Å². The normalized spacial score (nSPS) is 11.4. The van der Waals surface area contributed by atoms with Crippen molar-refractivity contribution in [3.63, 3.8) is 0 Å². The first-order valence-corrected chi connectivity index (χ1v) is 9.67. The van der Waals surface area contributed by atoms with Crippen LogP contribution in [0.25, 0.3) is 0 Å². The SMILES string of the molecule is CCCCCCCCCCCCCC(=O)N[C@@H](CCC(=O)[O-])C(=O)[O-].[Na+]. The third-order valence-electron chi connectivity index (χ3n) is 4.26. The zero-order valence-corrected chi connectivity index (χ0v) is 18.5. The Hall–Kier alpha value is -0.590. The van der Waals surface area contributed by atoms with Gasteiger partial charge in [-0.15, -0.1) is 0 Å². The van der Waals surface area contributed by atoms with Gasteiger partial charge < -0.3 is 25.1 Å². The fourth-order valence-corrected chi connectivity index (χ4v) is 2.73. The second-order valence-corrected chi connectivity index (χ2v) is 6.64. The van der Waals surface area contributed by atoms with Crippen molar-refractivity contribution in [1.82, 2.24) is 5.32 Å². The fraction of sp³-hybridized carbons (Fsp3) is 0.842. The predicted octanol–water partition coefficient (Wildman–Crippen LogP) is -1.54. The first-order valence-electron chi connectivity index (χ1n) is 9.67. The van der Waals surface area contributed by atoms with E-state index in [1.165, 1.54) is 51.4 Å². The summed E-state index contributed by atoms with van der Waals surface area (Å²) in [7, 11) is 0. The molecule has 0 aromatic carbocycles. The molecule has 146 valence electrons. The van der Waals surface area contributed by atoms with Crippen molar-refractivity contribution in [2.45, 2.75) is 103 Å². The second kappa shape index (κ2) is 19.2. The quantitative estimate of drug-likeness (QED) is 0.244. The summed E-state index contributed by atoms with van der Waals surface area (Å²) in [6.45, 7) is 2.21. The Morgan fingerprint density at radius 1 is 0.769 bits per heavy atom. The number of hydrogen-bond donors (Lipinski definition) is 1. The van der Waals surface area contributed by atoms with E-state index in [9.17, 15) is 24.6 Å². The van der Waals surface area contributed by atoms with Crippen LogP contribution in [0.3, 0.4) is 0 Å². The molecule has 0 radical (unpaired) electrons. The third kappa shape index (κ3) is 18.2. The van der Waals surface area contributed by atoms with Gasteiger partial charge in [0, 0.05) is 12.4 Å². The van der Waals surface area contributed by atoms with Gasteiger partial charge >= 0.3 is 29.6 Å². The molecule has 0 spiro atoms. The van der Waals surface area contributed by atoms with Crippen molar-refractivity contribution in [2.24, 2.45) is 0 Å². The molecule has 1 N–H and O–H groups in total. The molecule has 0 unspecified atom stereocenters. The van der Waals surface area contributed by atoms with Gasteiger partial charge in [0.2, 0.25) is 5.91 Å². The van der Waals surface area contributed by atoms with Crippen molar-refractivity contribution in [1.29, 1.82) is 0 Å². The van der Waals surface area contributed by atoms with Crippen molar-refractivity contribution < 1.29 is 54.2 Å². The molecule has 0 bridgehead atoms. The maximum absolute atomic E-state index is 11.7. The fourth-order valence-electron chi connectivity index (χ4n) is 2.73. The molecule has 0 aliphatic heterocycles. The van der Waals surface area contributed by atoms with E-state index in [1.807, 2.05) is 0 Å². The van der Waals surface area contributed by atoms with E-state index in [4.69, 9.17) is 0 Å². The minimum atomic E-state index is -1.46. The number of nitrogens with one attached hydrogen (secondary N) is 1. The monoisotopic (exact) mass is 378 g/mol. The van der Waals surface area contributed by atoms with Gasteiger partial charge in [0.15, 0.2) is 0 Å². The summed E-state index contributed by atoms with van der Waals surface area (Å²) >= 11 is 0. The van der Waals surface area contributed by atoms with Gasteiger partial charge in [0.1, 0.15) is 0 Å². The first kappa shape index (κ1) is 27.6. The molecule has 0 saturated carbocycles. The van der Waals surface area contributed by atoms with E-state index >= 15 is 0 Å². The maximum atomic E-state index is 11.7. The van der Waals surface area contributed by atoms with Crippen LogP contribution in [0.2, 0.25) is 0 Å². The van der Waals surface area contributed by atoms with Crippen LogP contribution in [0, 0.1) is 0 Å². The summed E-state index contributed by atoms with van der Waals surface area (Å²) in [5.74, 6) is -3.18. The molecule has 0 aliphatic carbocycles. The van der Waals surface area contributed by atoms with Crippen LogP contribution in [0.5, 0.6) is 0 Å². The largest absolute Gasteiger partial charge is 1.00 e. The van der Waals surface area contributed by atoms with Gasteiger partial charge in [-0.1, -0.05) is 71.1 Å². The summed E-state index contributed by atoms with van der Waals surface area (Å²) in [5.41, 5.74) is 0. The Morgan fingerprint density at radius 2 is 1.23 bits per heavy atom. The van der Waals surface area contributed by atoms with Crippen molar-refractivity contribution >= 4 is 17.8 Å². The average molecular weight is 378 g/mol. The minimum Gasteiger partial charge on any atom is -0.550 e. The van der Waals surface area contributed by atoms with E-state index in [2.05, 4.69) is 12.2 Å². The third-order valence-corrected chi connectivity index (χ3v) is 4.26. The summed E-state index contributed by atoms with van der Waals surface area (Å²) in [4.78, 5) is 32.9. The smallest absolute Gasteiger partial charge is 0.550 e. The average Bonchev–Trinajstić information content (AvgIpc) is 2.56. The first-order chi connectivity index (χ1) is 12.0. The molecular weight excluding hydrogens is 345 g/mol. The summed E-state index contributed by atoms with van der Waals surface area (Å²) < 4.78 is 0. The second-order valence-electron chi connectivity index (χ2n) is 6.64. The zero-order chi connectivity index (χ0) is 18.9. The minimum absolute atomic E-state index is 0. The van der Waals surface area contributed by atoms with Crippen LogP contribution >= 0.6 is 0 Å². The van der Waals surface area contributed by atoms with Crippen LogP contribution in [0.1, 0.15) is 96.8 Å². The predicted molar refractivity (Wildman–Crippen MR) is 92.3 cm³/mol. The van der Waals surface area contributed by atoms with Crippen LogP contribution in [-0.2, 0) is 14.4 Å². The van der Waals surface area contributed by atoms with E-state index in [-0.39, 0.29) is 48.3 Å². The number of carboxylic acid groups (broad SMARTS) is 2. The molecule has 0 rings (SSSR count). The topological polar surface area (TPSA) is 109 Å². The molecule has 0 aliphatic rings. The Balaban J connectivity index is 0. The number of amides is 1. The Morgan fingerprint density at radius 3 is 1.65 bits per heavy atom. The van der Waals surface area contributed by atoms with Crippen LogP contribution in [-0.4, -0.2) is 23.9 Å². The summed E-state index contributed by atoms with van der Waals surface area (Å²) in [6.07, 6.45) is 12.6. The molecule has 1 atom stereocenters. The van der Waals surface area contributed by atoms with Gasteiger partial charge in [0.25, 0.3) is 0 Å². The van der Waals surface area contributed by atoms with E-state index in [1.54, 1.807) is 0 Å². The molecule has 26 heavy (non-hydrogen) atoms. The van der Waals surface area contributed by atoms with Crippen LogP contribution in [0.4, 0.5) is 0 Å². The molecule has 0 aromatic heterocycles. The molecule has 1 amide bonds. The number of carboxylic acids is 2. The number of aliphatic carboxylic acids is 2. The zero-order valence-electron chi connectivity index (χ0n) is 16.5. The number of hydrogen-bond acceptors (Lipinski definition) is 5. The molecule has 0 fully saturated rings. The van der Waals surface area contributed by atoms with Gasteiger partial charge in [0.05, 0.1) is 12.0 Å². The van der Waals surface area contributed by atoms with Crippen LogP contribution in [0.15, 0.2) is 0 Å². The van der Waals surface area contributed by atoms with E-state index in [0.717, 1.165) is 12.8 Å². The Labute approximate surface area is 179 Å². The number of carbonyl (C=O) groups is 3. The van der Waals surface area contributed by atoms with Gasteiger partial charge in [-0.25, -0.2) is 0 Å². The van der Waals surface area contributed by atoms with Gasteiger partial charge in [-0.3, -0.25) is 4.79 Å². The standard InChI is InChI=1S/C19H35NO5.Na/c1-2-3-4-5-6-7-8-9-10-11-12-13-17(21)20-16(19(24)25)14-15-18(22)23;/h16H,2-15H2,1H3,(H,20,21)(H,22,23)(H,24,25);/q;+1/p-2/t16-;/m0./s1. The maximum Gasteiger partial charge on any atom is 1.00 e. The number of rotatable bonds is 17. The Bertz CT molecular complexity index is 390. The molecule has 6 nitrogen and oxygen atoms in total.